The normalized spacial score (nSPS) is 13.7. The van der Waals surface area contributed by atoms with Gasteiger partial charge < -0.3 is 20.1 Å². The minimum absolute atomic E-state index is 0.188. The standard InChI is InChI=1S/C30H30ClFN6O2/c1-19(2)25-16-28(35-23-7-3-5-20(13-23)21-6-4-8-24(39)14-21)26(31)15-22(25)17-34-37-30-33-18-27(32)29(36-30)38-9-11-40-12-10-38/h3-8,13-19,35,39H,9-12H2,1-2H3,(H,33,36,37)/b34-17+. The summed E-state index contributed by atoms with van der Waals surface area (Å²) in [4.78, 5) is 10.2. The highest BCUT2D eigenvalue weighted by atomic mass is 35.5. The second-order valence-electron chi connectivity index (χ2n) is 9.71. The number of anilines is 4. The molecule has 0 aliphatic carbocycles. The van der Waals surface area contributed by atoms with Crippen LogP contribution < -0.4 is 15.6 Å². The number of phenolic OH excluding ortho intramolecular Hbond substituents is 1. The summed E-state index contributed by atoms with van der Waals surface area (Å²) < 4.78 is 19.7. The van der Waals surface area contributed by atoms with Gasteiger partial charge in [0.15, 0.2) is 11.6 Å². The molecule has 0 atom stereocenters. The Morgan fingerprint density at radius 2 is 1.82 bits per heavy atom. The van der Waals surface area contributed by atoms with E-state index in [2.05, 4.69) is 39.7 Å². The minimum Gasteiger partial charge on any atom is -0.508 e. The molecule has 0 bridgehead atoms. The fourth-order valence-electron chi connectivity index (χ4n) is 4.50. The van der Waals surface area contributed by atoms with Crippen molar-refractivity contribution in [2.75, 3.05) is 41.9 Å². The average Bonchev–Trinajstić information content (AvgIpc) is 2.96. The van der Waals surface area contributed by atoms with E-state index in [1.54, 1.807) is 18.3 Å². The van der Waals surface area contributed by atoms with Crippen LogP contribution in [0.5, 0.6) is 5.75 Å². The van der Waals surface area contributed by atoms with Crippen molar-refractivity contribution in [1.29, 1.82) is 0 Å². The van der Waals surface area contributed by atoms with Gasteiger partial charge in [-0.25, -0.2) is 14.8 Å². The molecule has 0 unspecified atom stereocenters. The number of phenols is 1. The summed E-state index contributed by atoms with van der Waals surface area (Å²) in [6.07, 6.45) is 2.80. The van der Waals surface area contributed by atoms with Gasteiger partial charge in [-0.05, 0) is 64.6 Å². The number of hydrogen-bond donors (Lipinski definition) is 3. The summed E-state index contributed by atoms with van der Waals surface area (Å²) in [5.41, 5.74) is 8.20. The first kappa shape index (κ1) is 27.4. The zero-order chi connectivity index (χ0) is 28.1. The SMILES string of the molecule is CC(C)c1cc(Nc2cccc(-c3cccc(O)c3)c2)c(Cl)cc1/C=N/Nc1ncc(F)c(N2CCOCC2)n1. The monoisotopic (exact) mass is 560 g/mol. The van der Waals surface area contributed by atoms with Crippen LogP contribution in [0.2, 0.25) is 5.02 Å². The van der Waals surface area contributed by atoms with E-state index in [1.807, 2.05) is 53.4 Å². The topological polar surface area (TPSA) is 94.9 Å². The van der Waals surface area contributed by atoms with Crippen molar-refractivity contribution in [3.8, 4) is 16.9 Å². The van der Waals surface area contributed by atoms with Crippen LogP contribution in [0, 0.1) is 5.82 Å². The van der Waals surface area contributed by atoms with Gasteiger partial charge in [-0.15, -0.1) is 0 Å². The van der Waals surface area contributed by atoms with Crippen LogP contribution in [0.25, 0.3) is 11.1 Å². The van der Waals surface area contributed by atoms with Gasteiger partial charge >= 0.3 is 0 Å². The van der Waals surface area contributed by atoms with Gasteiger partial charge in [-0.1, -0.05) is 49.7 Å². The molecule has 0 amide bonds. The number of hydrogen-bond acceptors (Lipinski definition) is 8. The molecule has 0 saturated carbocycles. The van der Waals surface area contributed by atoms with Gasteiger partial charge in [0, 0.05) is 18.8 Å². The lowest BCUT2D eigenvalue weighted by atomic mass is 9.97. The molecule has 3 aromatic carbocycles. The molecule has 1 aliphatic rings. The van der Waals surface area contributed by atoms with Gasteiger partial charge in [0.05, 0.1) is 36.3 Å². The predicted molar refractivity (Wildman–Crippen MR) is 159 cm³/mol. The predicted octanol–water partition coefficient (Wildman–Crippen LogP) is 6.79. The molecule has 1 aliphatic heterocycles. The van der Waals surface area contributed by atoms with Crippen LogP contribution >= 0.6 is 11.6 Å². The number of ether oxygens (including phenoxy) is 1. The van der Waals surface area contributed by atoms with Gasteiger partial charge in [0.2, 0.25) is 5.95 Å². The van der Waals surface area contributed by atoms with Gasteiger partial charge in [0.1, 0.15) is 5.75 Å². The number of rotatable bonds is 8. The molecule has 206 valence electrons. The maximum Gasteiger partial charge on any atom is 0.245 e. The first-order valence-corrected chi connectivity index (χ1v) is 13.4. The average molecular weight is 561 g/mol. The second kappa shape index (κ2) is 12.3. The fourth-order valence-corrected chi connectivity index (χ4v) is 4.72. The van der Waals surface area contributed by atoms with Gasteiger partial charge in [0.25, 0.3) is 0 Å². The van der Waals surface area contributed by atoms with E-state index in [9.17, 15) is 9.50 Å². The van der Waals surface area contributed by atoms with E-state index in [0.29, 0.717) is 31.3 Å². The van der Waals surface area contributed by atoms with Crippen molar-refractivity contribution in [1.82, 2.24) is 9.97 Å². The molecular formula is C30H30ClFN6O2. The Labute approximate surface area is 237 Å². The molecular weight excluding hydrogens is 531 g/mol. The lowest BCUT2D eigenvalue weighted by Gasteiger charge is -2.27. The largest absolute Gasteiger partial charge is 0.508 e. The molecule has 2 heterocycles. The maximum absolute atomic E-state index is 14.3. The van der Waals surface area contributed by atoms with Crippen molar-refractivity contribution in [3.63, 3.8) is 0 Å². The van der Waals surface area contributed by atoms with Gasteiger partial charge in [-0.3, -0.25) is 0 Å². The Kier molecular flexibility index (Phi) is 8.42. The fraction of sp³-hybridized carbons (Fsp3) is 0.233. The van der Waals surface area contributed by atoms with Crippen LogP contribution in [0.15, 0.2) is 72.0 Å². The number of nitrogens with one attached hydrogen (secondary N) is 2. The summed E-state index contributed by atoms with van der Waals surface area (Å²) in [5.74, 6) is 0.344. The van der Waals surface area contributed by atoms with E-state index in [4.69, 9.17) is 16.3 Å². The summed E-state index contributed by atoms with van der Waals surface area (Å²) in [6.45, 7) is 6.37. The third kappa shape index (κ3) is 6.50. The van der Waals surface area contributed by atoms with Crippen LogP contribution in [0.3, 0.4) is 0 Å². The van der Waals surface area contributed by atoms with E-state index < -0.39 is 5.82 Å². The summed E-state index contributed by atoms with van der Waals surface area (Å²) in [7, 11) is 0. The molecule has 1 saturated heterocycles. The Balaban J connectivity index is 1.34. The molecule has 10 heteroatoms. The maximum atomic E-state index is 14.3. The molecule has 3 N–H and O–H groups in total. The Morgan fingerprint density at radius 3 is 2.58 bits per heavy atom. The molecule has 8 nitrogen and oxygen atoms in total. The van der Waals surface area contributed by atoms with Crippen molar-refractivity contribution in [2.24, 2.45) is 5.10 Å². The molecule has 1 fully saturated rings. The molecule has 0 radical (unpaired) electrons. The summed E-state index contributed by atoms with van der Waals surface area (Å²) in [5, 5.41) is 18.1. The molecule has 4 aromatic rings. The second-order valence-corrected chi connectivity index (χ2v) is 10.1. The number of halogens is 2. The molecule has 0 spiro atoms. The van der Waals surface area contributed by atoms with E-state index >= 15 is 0 Å². The summed E-state index contributed by atoms with van der Waals surface area (Å²) in [6, 6.07) is 18.9. The van der Waals surface area contributed by atoms with Crippen LogP contribution in [-0.4, -0.2) is 47.6 Å². The smallest absolute Gasteiger partial charge is 0.245 e. The van der Waals surface area contributed by atoms with Crippen LogP contribution in [0.4, 0.5) is 27.5 Å². The van der Waals surface area contributed by atoms with Crippen LogP contribution in [0.1, 0.15) is 30.9 Å². The number of nitrogens with zero attached hydrogens (tertiary/aromatic N) is 4. The quantitative estimate of drug-likeness (QED) is 0.161. The van der Waals surface area contributed by atoms with Gasteiger partial charge in [-0.2, -0.15) is 10.1 Å². The van der Waals surface area contributed by atoms with Crippen molar-refractivity contribution in [2.45, 2.75) is 19.8 Å². The first-order chi connectivity index (χ1) is 19.4. The number of morpholine rings is 1. The van der Waals surface area contributed by atoms with Crippen LogP contribution in [-0.2, 0) is 4.74 Å². The number of aromatic nitrogens is 2. The Hall–Kier alpha value is -4.21. The zero-order valence-corrected chi connectivity index (χ0v) is 23.0. The van der Waals surface area contributed by atoms with E-state index in [1.165, 1.54) is 0 Å². The number of benzene rings is 3. The Bertz CT molecular complexity index is 1520. The van der Waals surface area contributed by atoms with Crippen molar-refractivity contribution >= 4 is 41.0 Å². The molecule has 40 heavy (non-hydrogen) atoms. The number of aromatic hydroxyl groups is 1. The highest BCUT2D eigenvalue weighted by Crippen LogP contribution is 2.33. The molecule has 5 rings (SSSR count). The lowest BCUT2D eigenvalue weighted by molar-refractivity contribution is 0.122. The third-order valence-corrected chi connectivity index (χ3v) is 6.83. The highest BCUT2D eigenvalue weighted by Gasteiger charge is 2.18. The first-order valence-electron chi connectivity index (χ1n) is 13.0. The van der Waals surface area contributed by atoms with E-state index in [0.717, 1.165) is 39.8 Å². The Morgan fingerprint density at radius 1 is 1.07 bits per heavy atom. The lowest BCUT2D eigenvalue weighted by Crippen LogP contribution is -2.37. The number of hydrazone groups is 1. The zero-order valence-electron chi connectivity index (χ0n) is 22.2. The minimum atomic E-state index is -0.485. The van der Waals surface area contributed by atoms with Crippen molar-refractivity contribution < 1.29 is 14.2 Å². The summed E-state index contributed by atoms with van der Waals surface area (Å²) >= 11 is 6.69. The third-order valence-electron chi connectivity index (χ3n) is 6.52. The van der Waals surface area contributed by atoms with E-state index in [-0.39, 0.29) is 23.4 Å². The van der Waals surface area contributed by atoms with Crippen molar-refractivity contribution in [3.05, 3.63) is 88.8 Å². The molecule has 1 aromatic heterocycles. The highest BCUT2D eigenvalue weighted by molar-refractivity contribution is 6.33.